The molecule has 0 fully saturated rings. The minimum absolute atomic E-state index is 0.266. The van der Waals surface area contributed by atoms with Crippen LogP contribution < -0.4 is 0 Å². The van der Waals surface area contributed by atoms with Gasteiger partial charge < -0.3 is 0 Å². The molecular formula is C16H16O2S. The smallest absolute Gasteiger partial charge is 0.202 e. The van der Waals surface area contributed by atoms with Crippen molar-refractivity contribution >= 4 is 9.84 Å². The lowest BCUT2D eigenvalue weighted by Crippen LogP contribution is -2.04. The first kappa shape index (κ1) is 13.6. The fourth-order valence-corrected chi connectivity index (χ4v) is 3.05. The Bertz CT molecular complexity index is 644. The van der Waals surface area contributed by atoms with Crippen LogP contribution >= 0.6 is 0 Å². The molecule has 0 saturated carbocycles. The average molecular weight is 272 g/mol. The van der Waals surface area contributed by atoms with Gasteiger partial charge in [-0.15, -0.1) is 0 Å². The minimum Gasteiger partial charge on any atom is -0.219 e. The monoisotopic (exact) mass is 272 g/mol. The summed E-state index contributed by atoms with van der Waals surface area (Å²) in [7, 11) is -3.40. The van der Waals surface area contributed by atoms with E-state index in [-0.39, 0.29) is 4.91 Å². The summed E-state index contributed by atoms with van der Waals surface area (Å²) in [4.78, 5) is 0.579. The van der Waals surface area contributed by atoms with Crippen LogP contribution in [0.15, 0.2) is 77.0 Å². The van der Waals surface area contributed by atoms with Crippen molar-refractivity contribution in [3.63, 3.8) is 0 Å². The van der Waals surface area contributed by atoms with Crippen molar-refractivity contribution in [1.82, 2.24) is 0 Å². The van der Waals surface area contributed by atoms with Crippen molar-refractivity contribution in [2.45, 2.75) is 17.7 Å². The van der Waals surface area contributed by atoms with E-state index >= 15 is 0 Å². The number of benzene rings is 2. The van der Waals surface area contributed by atoms with E-state index in [1.807, 2.05) is 30.3 Å². The standard InChI is InChI=1S/C16H16O2S/c1-14(12-13-15-8-4-2-5-9-15)19(17,18)16-10-6-3-7-11-16/h2-11H,1,12-13H2. The molecule has 2 rings (SSSR count). The number of rotatable bonds is 5. The topological polar surface area (TPSA) is 34.1 Å². The molecule has 19 heavy (non-hydrogen) atoms. The van der Waals surface area contributed by atoms with E-state index in [0.717, 1.165) is 5.56 Å². The predicted molar refractivity (Wildman–Crippen MR) is 77.5 cm³/mol. The van der Waals surface area contributed by atoms with Crippen LogP contribution in [-0.2, 0) is 16.3 Å². The van der Waals surface area contributed by atoms with E-state index in [1.54, 1.807) is 30.3 Å². The van der Waals surface area contributed by atoms with Crippen molar-refractivity contribution in [1.29, 1.82) is 0 Å². The van der Waals surface area contributed by atoms with Crippen LogP contribution in [0.25, 0.3) is 0 Å². The minimum atomic E-state index is -3.40. The van der Waals surface area contributed by atoms with E-state index in [0.29, 0.717) is 17.7 Å². The van der Waals surface area contributed by atoms with E-state index < -0.39 is 9.84 Å². The first-order valence-electron chi connectivity index (χ1n) is 6.12. The summed E-state index contributed by atoms with van der Waals surface area (Å²) in [5.74, 6) is 0. The quantitative estimate of drug-likeness (QED) is 0.833. The maximum absolute atomic E-state index is 12.3. The van der Waals surface area contributed by atoms with Gasteiger partial charge in [0, 0.05) is 4.91 Å². The third-order valence-corrected chi connectivity index (χ3v) is 4.83. The van der Waals surface area contributed by atoms with E-state index in [2.05, 4.69) is 6.58 Å². The van der Waals surface area contributed by atoms with Crippen LogP contribution in [-0.4, -0.2) is 8.42 Å². The molecule has 2 nitrogen and oxygen atoms in total. The van der Waals surface area contributed by atoms with Gasteiger partial charge in [0.25, 0.3) is 0 Å². The second kappa shape index (κ2) is 5.85. The molecule has 2 aromatic rings. The normalized spacial score (nSPS) is 11.2. The van der Waals surface area contributed by atoms with Crippen LogP contribution in [0.3, 0.4) is 0 Å². The number of sulfone groups is 1. The summed E-state index contributed by atoms with van der Waals surface area (Å²) in [5.41, 5.74) is 1.12. The summed E-state index contributed by atoms with van der Waals surface area (Å²) >= 11 is 0. The average Bonchev–Trinajstić information content (AvgIpc) is 2.46. The van der Waals surface area contributed by atoms with Gasteiger partial charge in [-0.05, 0) is 30.5 Å². The third-order valence-electron chi connectivity index (χ3n) is 2.97. The summed E-state index contributed by atoms with van der Waals surface area (Å²) in [6, 6.07) is 18.3. The van der Waals surface area contributed by atoms with Crippen LogP contribution in [0.1, 0.15) is 12.0 Å². The molecular weight excluding hydrogens is 256 g/mol. The van der Waals surface area contributed by atoms with Gasteiger partial charge in [-0.25, -0.2) is 8.42 Å². The second-order valence-corrected chi connectivity index (χ2v) is 6.40. The largest absolute Gasteiger partial charge is 0.219 e. The Balaban J connectivity index is 2.08. The molecule has 0 aliphatic heterocycles. The molecule has 0 spiro atoms. The van der Waals surface area contributed by atoms with Crippen LogP contribution in [0.5, 0.6) is 0 Å². The highest BCUT2D eigenvalue weighted by atomic mass is 32.2. The summed E-state index contributed by atoms with van der Waals surface area (Å²) in [6.45, 7) is 3.73. The molecule has 0 atom stereocenters. The Labute approximate surface area is 114 Å². The molecule has 0 amide bonds. The molecule has 0 unspecified atom stereocenters. The highest BCUT2D eigenvalue weighted by molar-refractivity contribution is 7.95. The Hall–Kier alpha value is -1.87. The van der Waals surface area contributed by atoms with Gasteiger partial charge in [-0.1, -0.05) is 55.1 Å². The van der Waals surface area contributed by atoms with Crippen molar-refractivity contribution in [2.75, 3.05) is 0 Å². The zero-order valence-electron chi connectivity index (χ0n) is 10.6. The van der Waals surface area contributed by atoms with Crippen LogP contribution in [0.4, 0.5) is 0 Å². The van der Waals surface area contributed by atoms with Gasteiger partial charge in [-0.2, -0.15) is 0 Å². The van der Waals surface area contributed by atoms with Crippen molar-refractivity contribution < 1.29 is 8.42 Å². The fourth-order valence-electron chi connectivity index (χ4n) is 1.83. The number of aryl methyl sites for hydroxylation is 1. The zero-order chi connectivity index (χ0) is 13.7. The number of allylic oxidation sites excluding steroid dienone is 1. The summed E-state index contributed by atoms with van der Waals surface area (Å²) in [6.07, 6.45) is 1.13. The van der Waals surface area contributed by atoms with Crippen LogP contribution in [0, 0.1) is 0 Å². The fraction of sp³-hybridized carbons (Fsp3) is 0.125. The Morgan fingerprint density at radius 3 is 2.00 bits per heavy atom. The van der Waals surface area contributed by atoms with E-state index in [4.69, 9.17) is 0 Å². The molecule has 0 aliphatic rings. The maximum Gasteiger partial charge on any atom is 0.202 e. The molecule has 0 heterocycles. The molecule has 2 aromatic carbocycles. The van der Waals surface area contributed by atoms with E-state index in [9.17, 15) is 8.42 Å². The second-order valence-electron chi connectivity index (χ2n) is 4.34. The predicted octanol–water partition coefficient (Wildman–Crippen LogP) is 3.61. The molecule has 0 saturated heterocycles. The van der Waals surface area contributed by atoms with Crippen molar-refractivity contribution in [3.8, 4) is 0 Å². The zero-order valence-corrected chi connectivity index (χ0v) is 11.4. The Morgan fingerprint density at radius 1 is 0.895 bits per heavy atom. The Morgan fingerprint density at radius 2 is 1.42 bits per heavy atom. The highest BCUT2D eigenvalue weighted by Gasteiger charge is 2.17. The van der Waals surface area contributed by atoms with Crippen molar-refractivity contribution in [2.24, 2.45) is 0 Å². The SMILES string of the molecule is C=C(CCc1ccccc1)S(=O)(=O)c1ccccc1. The highest BCUT2D eigenvalue weighted by Crippen LogP contribution is 2.21. The molecule has 0 aromatic heterocycles. The lowest BCUT2D eigenvalue weighted by atomic mass is 10.1. The van der Waals surface area contributed by atoms with Crippen molar-refractivity contribution in [3.05, 3.63) is 77.7 Å². The lowest BCUT2D eigenvalue weighted by Gasteiger charge is -2.07. The number of hydrogen-bond donors (Lipinski definition) is 0. The summed E-state index contributed by atoms with van der Waals surface area (Å²) in [5, 5.41) is 0. The van der Waals surface area contributed by atoms with Gasteiger partial charge >= 0.3 is 0 Å². The maximum atomic E-state index is 12.3. The van der Waals surface area contributed by atoms with Gasteiger partial charge in [0.15, 0.2) is 0 Å². The third kappa shape index (κ3) is 3.32. The molecule has 98 valence electrons. The first-order valence-corrected chi connectivity index (χ1v) is 7.61. The molecule has 0 bridgehead atoms. The molecule has 0 radical (unpaired) electrons. The van der Waals surface area contributed by atoms with Gasteiger partial charge in [0.05, 0.1) is 4.90 Å². The number of hydrogen-bond acceptors (Lipinski definition) is 2. The first-order chi connectivity index (χ1) is 9.10. The molecule has 0 N–H and O–H groups in total. The van der Waals surface area contributed by atoms with Crippen LogP contribution in [0.2, 0.25) is 0 Å². The molecule has 0 aliphatic carbocycles. The van der Waals surface area contributed by atoms with Gasteiger partial charge in [-0.3, -0.25) is 0 Å². The van der Waals surface area contributed by atoms with E-state index in [1.165, 1.54) is 0 Å². The van der Waals surface area contributed by atoms with Gasteiger partial charge in [0.1, 0.15) is 0 Å². The van der Waals surface area contributed by atoms with Gasteiger partial charge in [0.2, 0.25) is 9.84 Å². The molecule has 3 heteroatoms. The summed E-state index contributed by atoms with van der Waals surface area (Å²) < 4.78 is 24.5. The lowest BCUT2D eigenvalue weighted by molar-refractivity contribution is 0.600. The Kier molecular flexibility index (Phi) is 4.17.